The number of amides is 2. The van der Waals surface area contributed by atoms with Gasteiger partial charge in [-0.05, 0) is 47.5 Å². The number of carbonyl (C=O) groups is 2. The molecule has 4 rings (SSSR count). The molecule has 2 amide bonds. The van der Waals surface area contributed by atoms with Gasteiger partial charge in [0, 0.05) is 23.5 Å². The quantitative estimate of drug-likeness (QED) is 0.408. The van der Waals surface area contributed by atoms with Crippen molar-refractivity contribution in [3.63, 3.8) is 0 Å². The molecule has 1 heterocycles. The van der Waals surface area contributed by atoms with E-state index in [4.69, 9.17) is 5.73 Å². The molecule has 0 saturated heterocycles. The molecule has 0 saturated carbocycles. The molecular weight excluding hydrogens is 406 g/mol. The van der Waals surface area contributed by atoms with Crippen LogP contribution in [0.2, 0.25) is 0 Å². The van der Waals surface area contributed by atoms with Gasteiger partial charge in [0.1, 0.15) is 5.82 Å². The van der Waals surface area contributed by atoms with Crippen LogP contribution in [0.15, 0.2) is 91.1 Å². The van der Waals surface area contributed by atoms with Crippen LogP contribution in [0, 0.1) is 0 Å². The first kappa shape index (κ1) is 20.5. The molecule has 4 N–H and O–H groups in total. The number of carboxylic acid groups (broad SMARTS) is 1. The molecule has 3 aromatic carbocycles. The predicted molar refractivity (Wildman–Crippen MR) is 122 cm³/mol. The molecule has 0 aliphatic carbocycles. The van der Waals surface area contributed by atoms with Gasteiger partial charge >= 0.3 is 6.09 Å². The van der Waals surface area contributed by atoms with Crippen molar-refractivity contribution in [1.82, 2.24) is 9.97 Å². The third-order valence-electron chi connectivity index (χ3n) is 4.70. The van der Waals surface area contributed by atoms with Crippen LogP contribution in [0.3, 0.4) is 0 Å². The van der Waals surface area contributed by atoms with E-state index in [0.29, 0.717) is 16.9 Å². The predicted octanol–water partition coefficient (Wildman–Crippen LogP) is 4.80. The third-order valence-corrected chi connectivity index (χ3v) is 4.70. The molecular formula is C24H19N5O3. The van der Waals surface area contributed by atoms with E-state index in [9.17, 15) is 14.7 Å². The van der Waals surface area contributed by atoms with E-state index >= 15 is 0 Å². The molecule has 0 atom stereocenters. The fraction of sp³-hybridized carbons (Fsp3) is 0. The first-order valence-electron chi connectivity index (χ1n) is 9.70. The summed E-state index contributed by atoms with van der Waals surface area (Å²) in [4.78, 5) is 32.9. The summed E-state index contributed by atoms with van der Waals surface area (Å²) in [6.45, 7) is 0. The largest absolute Gasteiger partial charge is 0.464 e. The van der Waals surface area contributed by atoms with Crippen LogP contribution in [0.4, 0.5) is 27.9 Å². The van der Waals surface area contributed by atoms with E-state index < -0.39 is 12.0 Å². The normalized spacial score (nSPS) is 10.4. The lowest BCUT2D eigenvalue weighted by Gasteiger charge is -2.19. The maximum Gasteiger partial charge on any atom is 0.417 e. The first-order chi connectivity index (χ1) is 15.5. The van der Waals surface area contributed by atoms with Gasteiger partial charge in [-0.25, -0.2) is 14.7 Å². The minimum absolute atomic E-state index is 0.189. The number of hydrogen-bond acceptors (Lipinski definition) is 5. The minimum atomic E-state index is -1.18. The number of nitrogens with zero attached hydrogens (tertiary/aromatic N) is 3. The molecule has 0 bridgehead atoms. The highest BCUT2D eigenvalue weighted by Crippen LogP contribution is 2.29. The van der Waals surface area contributed by atoms with E-state index in [-0.39, 0.29) is 11.8 Å². The van der Waals surface area contributed by atoms with Crippen LogP contribution in [0.5, 0.6) is 0 Å². The van der Waals surface area contributed by atoms with Gasteiger partial charge in [-0.15, -0.1) is 0 Å². The summed E-state index contributed by atoms with van der Waals surface area (Å²) in [7, 11) is 0. The van der Waals surface area contributed by atoms with Crippen molar-refractivity contribution >= 4 is 35.1 Å². The van der Waals surface area contributed by atoms with E-state index in [1.807, 2.05) is 36.4 Å². The van der Waals surface area contributed by atoms with Gasteiger partial charge in [0.25, 0.3) is 0 Å². The Kier molecular flexibility index (Phi) is 5.76. The van der Waals surface area contributed by atoms with Crippen molar-refractivity contribution in [2.24, 2.45) is 5.73 Å². The van der Waals surface area contributed by atoms with E-state index in [0.717, 1.165) is 16.0 Å². The lowest BCUT2D eigenvalue weighted by atomic mass is 10.1. The monoisotopic (exact) mass is 425 g/mol. The number of benzene rings is 3. The van der Waals surface area contributed by atoms with Gasteiger partial charge in [0.05, 0.1) is 5.69 Å². The smallest absolute Gasteiger partial charge is 0.417 e. The highest BCUT2D eigenvalue weighted by Gasteiger charge is 2.19. The average molecular weight is 425 g/mol. The SMILES string of the molecule is NC(=O)c1ccc(Nc2nccc(N(C(=O)O)c3cccc(-c4ccccc4)c3)n2)cc1. The van der Waals surface area contributed by atoms with Gasteiger partial charge in [0.2, 0.25) is 11.9 Å². The van der Waals surface area contributed by atoms with Crippen molar-refractivity contribution in [3.05, 3.63) is 96.7 Å². The molecule has 4 aromatic rings. The Balaban J connectivity index is 1.64. The van der Waals surface area contributed by atoms with E-state index in [1.54, 1.807) is 42.5 Å². The Bertz CT molecular complexity index is 1260. The third kappa shape index (κ3) is 4.54. The maximum atomic E-state index is 12.1. The van der Waals surface area contributed by atoms with E-state index in [2.05, 4.69) is 15.3 Å². The number of nitrogens with one attached hydrogen (secondary N) is 1. The van der Waals surface area contributed by atoms with Gasteiger partial charge in [-0.2, -0.15) is 4.98 Å². The number of aromatic nitrogens is 2. The molecule has 0 fully saturated rings. The number of primary amides is 1. The zero-order valence-electron chi connectivity index (χ0n) is 16.8. The van der Waals surface area contributed by atoms with Crippen LogP contribution in [-0.4, -0.2) is 27.1 Å². The summed E-state index contributed by atoms with van der Waals surface area (Å²) in [5, 5.41) is 12.9. The molecule has 1 aromatic heterocycles. The first-order valence-corrected chi connectivity index (χ1v) is 9.70. The van der Waals surface area contributed by atoms with Crippen molar-refractivity contribution < 1.29 is 14.7 Å². The van der Waals surface area contributed by atoms with Crippen LogP contribution in [0.25, 0.3) is 11.1 Å². The topological polar surface area (TPSA) is 121 Å². The molecule has 8 heteroatoms. The van der Waals surface area contributed by atoms with Crippen molar-refractivity contribution in [2.45, 2.75) is 0 Å². The van der Waals surface area contributed by atoms with Crippen LogP contribution < -0.4 is 16.0 Å². The Hall–Kier alpha value is -4.72. The lowest BCUT2D eigenvalue weighted by molar-refractivity contribution is 0.1000. The number of hydrogen-bond donors (Lipinski definition) is 3. The molecule has 8 nitrogen and oxygen atoms in total. The molecule has 0 spiro atoms. The summed E-state index contributed by atoms with van der Waals surface area (Å²) in [5.41, 5.74) is 8.57. The second kappa shape index (κ2) is 8.97. The maximum absolute atomic E-state index is 12.1. The summed E-state index contributed by atoms with van der Waals surface area (Å²) >= 11 is 0. The fourth-order valence-corrected chi connectivity index (χ4v) is 3.18. The second-order valence-corrected chi connectivity index (χ2v) is 6.84. The summed E-state index contributed by atoms with van der Waals surface area (Å²) in [6, 6.07) is 24.9. The highest BCUT2D eigenvalue weighted by atomic mass is 16.4. The van der Waals surface area contributed by atoms with Gasteiger partial charge in [-0.1, -0.05) is 42.5 Å². The van der Waals surface area contributed by atoms with Crippen molar-refractivity contribution in [2.75, 3.05) is 10.2 Å². The van der Waals surface area contributed by atoms with Crippen LogP contribution in [-0.2, 0) is 0 Å². The Morgan fingerprint density at radius 2 is 1.59 bits per heavy atom. The lowest BCUT2D eigenvalue weighted by Crippen LogP contribution is -2.25. The molecule has 158 valence electrons. The molecule has 0 aliphatic rings. The molecule has 0 aliphatic heterocycles. The number of carbonyl (C=O) groups excluding carboxylic acids is 1. The second-order valence-electron chi connectivity index (χ2n) is 6.84. The highest BCUT2D eigenvalue weighted by molar-refractivity contribution is 5.95. The zero-order valence-corrected chi connectivity index (χ0v) is 16.8. The summed E-state index contributed by atoms with van der Waals surface area (Å²) in [5.74, 6) is -0.126. The van der Waals surface area contributed by atoms with Crippen LogP contribution >= 0.6 is 0 Å². The minimum Gasteiger partial charge on any atom is -0.464 e. The van der Waals surface area contributed by atoms with Crippen molar-refractivity contribution in [3.8, 4) is 11.1 Å². The van der Waals surface area contributed by atoms with E-state index in [1.165, 1.54) is 12.3 Å². The van der Waals surface area contributed by atoms with Gasteiger partial charge in [-0.3, -0.25) is 4.79 Å². The van der Waals surface area contributed by atoms with Crippen molar-refractivity contribution in [1.29, 1.82) is 0 Å². The van der Waals surface area contributed by atoms with Crippen LogP contribution in [0.1, 0.15) is 10.4 Å². The molecule has 0 radical (unpaired) electrons. The molecule has 0 unspecified atom stereocenters. The number of nitrogens with two attached hydrogens (primary N) is 1. The average Bonchev–Trinajstić information content (AvgIpc) is 2.80. The fourth-order valence-electron chi connectivity index (χ4n) is 3.18. The summed E-state index contributed by atoms with van der Waals surface area (Å²) < 4.78 is 0. The zero-order chi connectivity index (χ0) is 22.5. The Morgan fingerprint density at radius 1 is 0.875 bits per heavy atom. The Morgan fingerprint density at radius 3 is 2.28 bits per heavy atom. The standard InChI is InChI=1S/C24H19N5O3/c25-22(30)17-9-11-19(12-10-17)27-23-26-14-13-21(28-23)29(24(31)32)20-8-4-7-18(15-20)16-5-2-1-3-6-16/h1-15H,(H2,25,30)(H,31,32)(H,26,27,28). The molecule has 32 heavy (non-hydrogen) atoms. The van der Waals surface area contributed by atoms with Gasteiger partial charge in [0.15, 0.2) is 0 Å². The van der Waals surface area contributed by atoms with Gasteiger partial charge < -0.3 is 16.2 Å². The summed E-state index contributed by atoms with van der Waals surface area (Å²) in [6.07, 6.45) is 0.296. The number of rotatable bonds is 6. The Labute approximate surface area is 184 Å². The number of anilines is 4.